The lowest BCUT2D eigenvalue weighted by Crippen LogP contribution is -2.28. The van der Waals surface area contributed by atoms with Gasteiger partial charge in [-0.15, -0.1) is 0 Å². The van der Waals surface area contributed by atoms with E-state index in [0.29, 0.717) is 6.54 Å². The second-order valence-corrected chi connectivity index (χ2v) is 3.36. The van der Waals surface area contributed by atoms with Gasteiger partial charge >= 0.3 is 5.97 Å². The van der Waals surface area contributed by atoms with Crippen molar-refractivity contribution in [2.45, 2.75) is 19.8 Å². The Balaban J connectivity index is 2.62. The van der Waals surface area contributed by atoms with Crippen LogP contribution in [0.15, 0.2) is 0 Å². The van der Waals surface area contributed by atoms with Gasteiger partial charge in [0.25, 0.3) is 5.91 Å². The average Bonchev–Trinajstić information content (AvgIpc) is 2.42. The van der Waals surface area contributed by atoms with E-state index in [0.717, 1.165) is 12.8 Å². The maximum absolute atomic E-state index is 11.2. The number of amides is 1. The smallest absolute Gasteiger partial charge is 0.316 e. The summed E-state index contributed by atoms with van der Waals surface area (Å²) in [6.07, 6.45) is 1.71. The second-order valence-electron chi connectivity index (χ2n) is 3.36. The van der Waals surface area contributed by atoms with Gasteiger partial charge < -0.3 is 10.0 Å². The summed E-state index contributed by atoms with van der Waals surface area (Å²) in [6.45, 7) is 2.48. The molecule has 1 aliphatic rings. The van der Waals surface area contributed by atoms with Gasteiger partial charge in [0.1, 0.15) is 5.92 Å². The molecule has 0 saturated carbocycles. The number of ketones is 1. The van der Waals surface area contributed by atoms with Crippen LogP contribution in [0.25, 0.3) is 0 Å². The van der Waals surface area contributed by atoms with Gasteiger partial charge in [-0.25, -0.2) is 0 Å². The first-order chi connectivity index (χ1) is 6.57. The van der Waals surface area contributed by atoms with Crippen molar-refractivity contribution in [3.8, 4) is 0 Å². The lowest BCUT2D eigenvalue weighted by atomic mass is 10.1. The molecule has 0 aromatic rings. The van der Waals surface area contributed by atoms with Crippen LogP contribution >= 0.6 is 0 Å². The molecule has 1 aliphatic heterocycles. The first kappa shape index (κ1) is 10.7. The minimum atomic E-state index is -1.21. The van der Waals surface area contributed by atoms with Gasteiger partial charge in [0.2, 0.25) is 5.78 Å². The van der Waals surface area contributed by atoms with Gasteiger partial charge in [-0.05, 0) is 6.42 Å². The molecular formula is C9H13NO4. The fraction of sp³-hybridized carbons (Fsp3) is 0.667. The highest BCUT2D eigenvalue weighted by atomic mass is 16.4. The molecular weight excluding hydrogens is 186 g/mol. The van der Waals surface area contributed by atoms with E-state index in [1.807, 2.05) is 6.92 Å². The van der Waals surface area contributed by atoms with Crippen LogP contribution in [0, 0.1) is 5.92 Å². The minimum absolute atomic E-state index is 0.0347. The second kappa shape index (κ2) is 4.21. The Kier molecular flexibility index (Phi) is 3.22. The SMILES string of the molecule is CCCCN1CC(C(=O)O)C(=O)C1=O. The van der Waals surface area contributed by atoms with Crippen molar-refractivity contribution in [2.75, 3.05) is 13.1 Å². The Morgan fingerprint density at radius 3 is 2.64 bits per heavy atom. The monoisotopic (exact) mass is 199 g/mol. The van der Waals surface area contributed by atoms with Gasteiger partial charge in [0.05, 0.1) is 0 Å². The van der Waals surface area contributed by atoms with Crippen molar-refractivity contribution in [1.82, 2.24) is 4.90 Å². The number of aliphatic carboxylic acids is 1. The molecule has 5 nitrogen and oxygen atoms in total. The van der Waals surface area contributed by atoms with Gasteiger partial charge in [0, 0.05) is 13.1 Å². The zero-order valence-corrected chi connectivity index (χ0v) is 8.02. The normalized spacial score (nSPS) is 21.8. The van der Waals surface area contributed by atoms with Crippen molar-refractivity contribution < 1.29 is 19.5 Å². The molecule has 1 rings (SSSR count). The maximum Gasteiger partial charge on any atom is 0.316 e. The highest BCUT2D eigenvalue weighted by Gasteiger charge is 2.42. The number of Topliss-reactive ketones (excluding diaryl/α,β-unsaturated/α-hetero) is 1. The summed E-state index contributed by atoms with van der Waals surface area (Å²) in [5.74, 6) is -3.79. The quantitative estimate of drug-likeness (QED) is 0.506. The van der Waals surface area contributed by atoms with E-state index in [4.69, 9.17) is 5.11 Å². The molecule has 0 aromatic heterocycles. The molecule has 78 valence electrons. The number of likely N-dealkylation sites (tertiary alicyclic amines) is 1. The van der Waals surface area contributed by atoms with Crippen molar-refractivity contribution in [3.05, 3.63) is 0 Å². The number of rotatable bonds is 4. The van der Waals surface area contributed by atoms with Crippen LogP contribution in [0.4, 0.5) is 0 Å². The maximum atomic E-state index is 11.2. The number of hydrogen-bond donors (Lipinski definition) is 1. The number of carbonyl (C=O) groups is 3. The molecule has 0 aliphatic carbocycles. The molecule has 1 unspecified atom stereocenters. The van der Waals surface area contributed by atoms with Gasteiger partial charge in [-0.2, -0.15) is 0 Å². The predicted octanol–water partition coefficient (Wildman–Crippen LogP) is -0.101. The molecule has 1 heterocycles. The van der Waals surface area contributed by atoms with Crippen molar-refractivity contribution in [2.24, 2.45) is 5.92 Å². The third kappa shape index (κ3) is 1.92. The summed E-state index contributed by atoms with van der Waals surface area (Å²) in [5.41, 5.74) is 0. The molecule has 14 heavy (non-hydrogen) atoms. The third-order valence-corrected chi connectivity index (χ3v) is 2.30. The van der Waals surface area contributed by atoms with E-state index >= 15 is 0 Å². The topological polar surface area (TPSA) is 74.7 Å². The highest BCUT2D eigenvalue weighted by Crippen LogP contribution is 2.14. The standard InChI is InChI=1S/C9H13NO4/c1-2-3-4-10-5-6(9(13)14)7(11)8(10)12/h6H,2-5H2,1H3,(H,13,14). The van der Waals surface area contributed by atoms with Crippen LogP contribution in [0.3, 0.4) is 0 Å². The number of carbonyl (C=O) groups excluding carboxylic acids is 2. The first-order valence-corrected chi connectivity index (χ1v) is 4.63. The first-order valence-electron chi connectivity index (χ1n) is 4.63. The molecule has 1 saturated heterocycles. The molecule has 0 bridgehead atoms. The van der Waals surface area contributed by atoms with E-state index in [1.165, 1.54) is 4.90 Å². The number of unbranched alkanes of at least 4 members (excludes halogenated alkanes) is 1. The van der Waals surface area contributed by atoms with Crippen LogP contribution in [-0.4, -0.2) is 40.8 Å². The van der Waals surface area contributed by atoms with Gasteiger partial charge in [-0.1, -0.05) is 13.3 Å². The summed E-state index contributed by atoms with van der Waals surface area (Å²) in [4.78, 5) is 34.3. The Morgan fingerprint density at radius 1 is 1.57 bits per heavy atom. The Morgan fingerprint density at radius 2 is 2.21 bits per heavy atom. The number of carboxylic acid groups (broad SMARTS) is 1. The molecule has 0 spiro atoms. The van der Waals surface area contributed by atoms with Crippen molar-refractivity contribution in [3.63, 3.8) is 0 Å². The van der Waals surface area contributed by atoms with Gasteiger partial charge in [-0.3, -0.25) is 14.4 Å². The molecule has 0 radical (unpaired) electrons. The van der Waals surface area contributed by atoms with E-state index in [2.05, 4.69) is 0 Å². The number of nitrogens with zero attached hydrogens (tertiary/aromatic N) is 1. The van der Waals surface area contributed by atoms with Crippen LogP contribution < -0.4 is 0 Å². The van der Waals surface area contributed by atoms with E-state index in [9.17, 15) is 14.4 Å². The Bertz CT molecular complexity index is 274. The van der Waals surface area contributed by atoms with E-state index in [1.54, 1.807) is 0 Å². The van der Waals surface area contributed by atoms with Gasteiger partial charge in [0.15, 0.2) is 0 Å². The fourth-order valence-electron chi connectivity index (χ4n) is 1.42. The number of hydrogen-bond acceptors (Lipinski definition) is 3. The molecule has 1 atom stereocenters. The molecule has 1 amide bonds. The number of carboxylic acids is 1. The van der Waals surface area contributed by atoms with Crippen molar-refractivity contribution in [1.29, 1.82) is 0 Å². The minimum Gasteiger partial charge on any atom is -0.481 e. The van der Waals surface area contributed by atoms with E-state index in [-0.39, 0.29) is 6.54 Å². The molecule has 5 heteroatoms. The van der Waals surface area contributed by atoms with Crippen LogP contribution in [0.5, 0.6) is 0 Å². The zero-order chi connectivity index (χ0) is 10.7. The van der Waals surface area contributed by atoms with Crippen molar-refractivity contribution >= 4 is 17.7 Å². The lowest BCUT2D eigenvalue weighted by molar-refractivity contribution is -0.147. The van der Waals surface area contributed by atoms with E-state index < -0.39 is 23.6 Å². The summed E-state index contributed by atoms with van der Waals surface area (Å²) in [6, 6.07) is 0. The zero-order valence-electron chi connectivity index (χ0n) is 8.02. The van der Waals surface area contributed by atoms with Crippen LogP contribution in [0.2, 0.25) is 0 Å². The summed E-state index contributed by atoms with van der Waals surface area (Å²) in [7, 11) is 0. The van der Waals surface area contributed by atoms with Crippen LogP contribution in [-0.2, 0) is 14.4 Å². The summed E-state index contributed by atoms with van der Waals surface area (Å²) in [5, 5.41) is 8.64. The highest BCUT2D eigenvalue weighted by molar-refractivity contribution is 6.42. The Labute approximate surface area is 81.7 Å². The largest absolute Gasteiger partial charge is 0.481 e. The fourth-order valence-corrected chi connectivity index (χ4v) is 1.42. The molecule has 1 fully saturated rings. The summed E-state index contributed by atoms with van der Waals surface area (Å²) < 4.78 is 0. The average molecular weight is 199 g/mol. The summed E-state index contributed by atoms with van der Waals surface area (Å²) >= 11 is 0. The third-order valence-electron chi connectivity index (χ3n) is 2.30. The predicted molar refractivity (Wildman–Crippen MR) is 47.6 cm³/mol. The molecule has 0 aromatic carbocycles. The molecule has 1 N–H and O–H groups in total. The van der Waals surface area contributed by atoms with Crippen LogP contribution in [0.1, 0.15) is 19.8 Å². The Hall–Kier alpha value is -1.39. The lowest BCUT2D eigenvalue weighted by Gasteiger charge is -2.13.